The normalized spacial score (nSPS) is 10.7. The van der Waals surface area contributed by atoms with Crippen LogP contribution in [-0.4, -0.2) is 25.7 Å². The quantitative estimate of drug-likeness (QED) is 0.532. The van der Waals surface area contributed by atoms with Crippen molar-refractivity contribution in [2.45, 2.75) is 26.4 Å². The molecule has 0 aliphatic heterocycles. The van der Waals surface area contributed by atoms with Crippen LogP contribution in [0.2, 0.25) is 5.02 Å². The standard InChI is InChI=1S/C18H19ClFN7O/c1-2-6-27-10-11(7-24-27)25-18-23-9-13(16(21)28)17(26-18)22-8-12-14(19)4-3-5-15(12)20/h3-5,7,9-10H,2,6,8H2,1H3,(H2,21,28)(H2,22,23,25,26). The molecule has 28 heavy (non-hydrogen) atoms. The van der Waals surface area contributed by atoms with Gasteiger partial charge in [0.15, 0.2) is 0 Å². The van der Waals surface area contributed by atoms with Crippen LogP contribution < -0.4 is 16.4 Å². The van der Waals surface area contributed by atoms with Gasteiger partial charge in [0, 0.05) is 36.1 Å². The Hall–Kier alpha value is -3.20. The monoisotopic (exact) mass is 403 g/mol. The van der Waals surface area contributed by atoms with Gasteiger partial charge in [-0.15, -0.1) is 0 Å². The lowest BCUT2D eigenvalue weighted by molar-refractivity contribution is 0.100. The van der Waals surface area contributed by atoms with Crippen molar-refractivity contribution < 1.29 is 9.18 Å². The second-order valence-electron chi connectivity index (χ2n) is 5.99. The molecule has 0 atom stereocenters. The maximum Gasteiger partial charge on any atom is 0.254 e. The molecule has 0 radical (unpaired) electrons. The van der Waals surface area contributed by atoms with Gasteiger partial charge < -0.3 is 16.4 Å². The van der Waals surface area contributed by atoms with Crippen LogP contribution in [0.1, 0.15) is 29.3 Å². The molecule has 3 aromatic rings. The molecule has 0 fully saturated rings. The summed E-state index contributed by atoms with van der Waals surface area (Å²) in [6.45, 7) is 2.87. The van der Waals surface area contributed by atoms with Crippen molar-refractivity contribution in [3.05, 3.63) is 58.8 Å². The first-order valence-electron chi connectivity index (χ1n) is 8.61. The lowest BCUT2D eigenvalue weighted by Crippen LogP contribution is -2.17. The van der Waals surface area contributed by atoms with Gasteiger partial charge in [0.25, 0.3) is 5.91 Å². The van der Waals surface area contributed by atoms with Gasteiger partial charge in [0.05, 0.1) is 17.4 Å². The fraction of sp³-hybridized carbons (Fsp3) is 0.222. The Morgan fingerprint density at radius 1 is 1.36 bits per heavy atom. The molecule has 8 nitrogen and oxygen atoms in total. The number of rotatable bonds is 8. The van der Waals surface area contributed by atoms with Crippen LogP contribution in [-0.2, 0) is 13.1 Å². The number of nitrogens with zero attached hydrogens (tertiary/aromatic N) is 4. The summed E-state index contributed by atoms with van der Waals surface area (Å²) in [6, 6.07) is 4.40. The number of nitrogens with one attached hydrogen (secondary N) is 2. The van der Waals surface area contributed by atoms with Crippen LogP contribution >= 0.6 is 11.6 Å². The van der Waals surface area contributed by atoms with Gasteiger partial charge in [-0.1, -0.05) is 24.6 Å². The van der Waals surface area contributed by atoms with Crippen LogP contribution in [0.3, 0.4) is 0 Å². The predicted octanol–water partition coefficient (Wildman–Crippen LogP) is 3.33. The van der Waals surface area contributed by atoms with Crippen molar-refractivity contribution in [3.8, 4) is 0 Å². The summed E-state index contributed by atoms with van der Waals surface area (Å²) in [4.78, 5) is 20.1. The zero-order chi connectivity index (χ0) is 20.1. The molecule has 1 amide bonds. The number of hydrogen-bond donors (Lipinski definition) is 3. The highest BCUT2D eigenvalue weighted by molar-refractivity contribution is 6.31. The molecule has 0 spiro atoms. The number of anilines is 3. The molecule has 2 heterocycles. The maximum absolute atomic E-state index is 14.0. The predicted molar refractivity (Wildman–Crippen MR) is 105 cm³/mol. The molecule has 4 N–H and O–H groups in total. The maximum atomic E-state index is 14.0. The van der Waals surface area contributed by atoms with Crippen molar-refractivity contribution in [1.29, 1.82) is 0 Å². The molecule has 10 heteroatoms. The van der Waals surface area contributed by atoms with E-state index in [-0.39, 0.29) is 34.5 Å². The molecule has 3 rings (SSSR count). The Kier molecular flexibility index (Phi) is 6.05. The average Bonchev–Trinajstić information content (AvgIpc) is 3.08. The Labute approximate surface area is 165 Å². The third-order valence-electron chi connectivity index (χ3n) is 3.89. The number of hydrogen-bond acceptors (Lipinski definition) is 6. The summed E-state index contributed by atoms with van der Waals surface area (Å²) in [5.74, 6) is -0.755. The number of aromatic nitrogens is 4. The topological polar surface area (TPSA) is 111 Å². The molecule has 0 aliphatic rings. The minimum atomic E-state index is -0.704. The molecule has 0 aliphatic carbocycles. The molecular formula is C18H19ClFN7O. The first kappa shape index (κ1) is 19.6. The van der Waals surface area contributed by atoms with Crippen LogP contribution in [0.15, 0.2) is 36.8 Å². The smallest absolute Gasteiger partial charge is 0.254 e. The number of amides is 1. The largest absolute Gasteiger partial charge is 0.365 e. The van der Waals surface area contributed by atoms with E-state index in [0.717, 1.165) is 13.0 Å². The molecule has 1 aromatic carbocycles. The van der Waals surface area contributed by atoms with Crippen molar-refractivity contribution in [3.63, 3.8) is 0 Å². The zero-order valence-corrected chi connectivity index (χ0v) is 15.9. The third-order valence-corrected chi connectivity index (χ3v) is 4.24. The van der Waals surface area contributed by atoms with E-state index in [2.05, 4.69) is 32.6 Å². The number of benzene rings is 1. The van der Waals surface area contributed by atoms with E-state index in [1.165, 1.54) is 18.3 Å². The van der Waals surface area contributed by atoms with Gasteiger partial charge in [-0.05, 0) is 18.6 Å². The number of nitrogens with two attached hydrogens (primary N) is 1. The Morgan fingerprint density at radius 2 is 2.18 bits per heavy atom. The number of carbonyl (C=O) groups is 1. The van der Waals surface area contributed by atoms with Gasteiger partial charge >= 0.3 is 0 Å². The Balaban J connectivity index is 1.82. The van der Waals surface area contributed by atoms with Crippen molar-refractivity contribution in [2.24, 2.45) is 5.73 Å². The zero-order valence-electron chi connectivity index (χ0n) is 15.1. The van der Waals surface area contributed by atoms with Crippen LogP contribution in [0.25, 0.3) is 0 Å². The summed E-state index contributed by atoms with van der Waals surface area (Å²) >= 11 is 6.04. The summed E-state index contributed by atoms with van der Waals surface area (Å²) in [7, 11) is 0. The highest BCUT2D eigenvalue weighted by Gasteiger charge is 2.14. The van der Waals surface area contributed by atoms with E-state index in [1.54, 1.807) is 16.9 Å². The van der Waals surface area contributed by atoms with Gasteiger partial charge in [0.2, 0.25) is 5.95 Å². The number of halogens is 2. The average molecular weight is 404 g/mol. The van der Waals surface area contributed by atoms with Gasteiger partial charge in [-0.2, -0.15) is 10.1 Å². The van der Waals surface area contributed by atoms with Crippen LogP contribution in [0.5, 0.6) is 0 Å². The summed E-state index contributed by atoms with van der Waals surface area (Å²) < 4.78 is 15.8. The lowest BCUT2D eigenvalue weighted by Gasteiger charge is -2.12. The number of primary amides is 1. The molecular weight excluding hydrogens is 385 g/mol. The second-order valence-corrected chi connectivity index (χ2v) is 6.40. The number of carbonyl (C=O) groups excluding carboxylic acids is 1. The van der Waals surface area contributed by atoms with Crippen molar-refractivity contribution in [2.75, 3.05) is 10.6 Å². The lowest BCUT2D eigenvalue weighted by atomic mass is 10.2. The molecule has 0 saturated heterocycles. The summed E-state index contributed by atoms with van der Waals surface area (Å²) in [5.41, 5.74) is 6.43. The van der Waals surface area contributed by atoms with Gasteiger partial charge in [-0.3, -0.25) is 9.48 Å². The van der Waals surface area contributed by atoms with E-state index in [0.29, 0.717) is 5.69 Å². The third kappa shape index (κ3) is 4.55. The molecule has 0 unspecified atom stereocenters. The van der Waals surface area contributed by atoms with Crippen molar-refractivity contribution in [1.82, 2.24) is 19.7 Å². The van der Waals surface area contributed by atoms with Gasteiger partial charge in [-0.25, -0.2) is 9.37 Å². The molecule has 0 bridgehead atoms. The van der Waals surface area contributed by atoms with Crippen LogP contribution in [0, 0.1) is 5.82 Å². The highest BCUT2D eigenvalue weighted by Crippen LogP contribution is 2.22. The van der Waals surface area contributed by atoms with E-state index >= 15 is 0 Å². The Bertz CT molecular complexity index is 972. The summed E-state index contributed by atoms with van der Waals surface area (Å²) in [5, 5.41) is 10.4. The summed E-state index contributed by atoms with van der Waals surface area (Å²) in [6.07, 6.45) is 5.73. The molecule has 146 valence electrons. The van der Waals surface area contributed by atoms with E-state index in [9.17, 15) is 9.18 Å². The molecule has 0 saturated carbocycles. The van der Waals surface area contributed by atoms with E-state index in [1.807, 2.05) is 6.20 Å². The molecule has 2 aromatic heterocycles. The van der Waals surface area contributed by atoms with E-state index in [4.69, 9.17) is 17.3 Å². The highest BCUT2D eigenvalue weighted by atomic mass is 35.5. The van der Waals surface area contributed by atoms with Gasteiger partial charge in [0.1, 0.15) is 11.6 Å². The second kappa shape index (κ2) is 8.66. The SMILES string of the molecule is CCCn1cc(Nc2ncc(C(N)=O)c(NCc3c(F)cccc3Cl)n2)cn1. The Morgan fingerprint density at radius 3 is 2.89 bits per heavy atom. The first-order chi connectivity index (χ1) is 13.5. The first-order valence-corrected chi connectivity index (χ1v) is 8.98. The van der Waals surface area contributed by atoms with Crippen LogP contribution in [0.4, 0.5) is 21.8 Å². The van der Waals surface area contributed by atoms with Crippen molar-refractivity contribution >= 4 is 35.0 Å². The minimum Gasteiger partial charge on any atom is -0.365 e. The fourth-order valence-electron chi connectivity index (χ4n) is 2.54. The van der Waals surface area contributed by atoms with E-state index < -0.39 is 11.7 Å². The minimum absolute atomic E-state index is 0.0245. The number of aryl methyl sites for hydroxylation is 1. The fourth-order valence-corrected chi connectivity index (χ4v) is 2.77.